The quantitative estimate of drug-likeness (QED) is 0.158. The standard InChI is InChI=1S/2C20H24O5.C15H14O3.C5H12O3/c2*1-18(2)9-8-14-16(25-18)13-6-4-5-7-15(13)20(17(14)22)23-11-19(3,10-21)12-24-20;1-15(2)8-7-11-13(17)12(16)9-5-3-4-6-10(9)14(11)18-15;1-5(2-6,3-7)4-8/h2*4-7,21H,8-12H2,1-3H3;3-6H,7-8H2,1-2H3;6-8H,2-4H2,1H3. The van der Waals surface area contributed by atoms with Crippen LogP contribution in [0.5, 0.6) is 0 Å². The van der Waals surface area contributed by atoms with Crippen LogP contribution in [0.15, 0.2) is 89.5 Å². The first kappa shape index (κ1) is 56.8. The van der Waals surface area contributed by atoms with Gasteiger partial charge in [-0.05, 0) is 80.1 Å². The van der Waals surface area contributed by atoms with Crippen molar-refractivity contribution in [2.45, 2.75) is 129 Å². The lowest BCUT2D eigenvalue weighted by molar-refractivity contribution is -0.295. The molecular weight excluding hydrogens is 977 g/mol. The number of Topliss-reactive ketones (excluding diaryl/α,β-unsaturated/α-hetero) is 4. The Morgan fingerprint density at radius 1 is 0.434 bits per heavy atom. The number of aliphatic hydroxyl groups is 5. The van der Waals surface area contributed by atoms with Crippen molar-refractivity contribution in [3.63, 3.8) is 0 Å². The number of hydrogen-bond donors (Lipinski definition) is 5. The van der Waals surface area contributed by atoms with Crippen LogP contribution in [0.25, 0.3) is 17.3 Å². The van der Waals surface area contributed by atoms with Gasteiger partial charge in [0.25, 0.3) is 11.6 Å². The fourth-order valence-electron chi connectivity index (χ4n) is 9.98. The lowest BCUT2D eigenvalue weighted by atomic mass is 9.78. The summed E-state index contributed by atoms with van der Waals surface area (Å²) < 4.78 is 42.4. The normalized spacial score (nSPS) is 28.4. The number of carbonyl (C=O) groups excluding carboxylic acids is 4. The van der Waals surface area contributed by atoms with Crippen molar-refractivity contribution in [2.75, 3.05) is 59.5 Å². The molecule has 2 saturated heterocycles. The van der Waals surface area contributed by atoms with Gasteiger partial charge < -0.3 is 58.7 Å². The lowest BCUT2D eigenvalue weighted by Gasteiger charge is -2.47. The Hall–Kier alpha value is -5.40. The van der Waals surface area contributed by atoms with Crippen molar-refractivity contribution in [2.24, 2.45) is 16.2 Å². The summed E-state index contributed by atoms with van der Waals surface area (Å²) in [5, 5.41) is 44.5. The zero-order chi connectivity index (χ0) is 55.3. The fraction of sp³-hybridized carbons (Fsp3) is 0.533. The van der Waals surface area contributed by atoms with Gasteiger partial charge in [-0.2, -0.15) is 0 Å². The molecule has 410 valence electrons. The van der Waals surface area contributed by atoms with Crippen LogP contribution in [-0.4, -0.2) is 125 Å². The minimum Gasteiger partial charge on any atom is -0.487 e. The highest BCUT2D eigenvalue weighted by Crippen LogP contribution is 2.52. The van der Waals surface area contributed by atoms with Gasteiger partial charge in [0.15, 0.2) is 0 Å². The number of hydrogen-bond acceptors (Lipinski definition) is 16. The third-order valence-corrected chi connectivity index (χ3v) is 15.4. The summed E-state index contributed by atoms with van der Waals surface area (Å²) in [5.41, 5.74) is 3.54. The third kappa shape index (κ3) is 10.6. The maximum atomic E-state index is 13.4. The average Bonchev–Trinajstić information content (AvgIpc) is 3.51. The van der Waals surface area contributed by atoms with Crippen LogP contribution < -0.4 is 0 Å². The van der Waals surface area contributed by atoms with Gasteiger partial charge in [0, 0.05) is 66.3 Å². The molecule has 3 aromatic carbocycles. The highest BCUT2D eigenvalue weighted by Gasteiger charge is 2.57. The van der Waals surface area contributed by atoms with Crippen LogP contribution in [0.3, 0.4) is 0 Å². The van der Waals surface area contributed by atoms with E-state index in [1.165, 1.54) is 0 Å². The van der Waals surface area contributed by atoms with Crippen LogP contribution in [-0.2, 0) is 59.1 Å². The Morgan fingerprint density at radius 2 is 0.750 bits per heavy atom. The number of carbonyl (C=O) groups is 4. The minimum absolute atomic E-state index is 0.0514. The summed E-state index contributed by atoms with van der Waals surface area (Å²) in [5.74, 6) is -2.08. The van der Waals surface area contributed by atoms with Crippen LogP contribution in [0.4, 0.5) is 0 Å². The van der Waals surface area contributed by atoms with E-state index in [9.17, 15) is 29.4 Å². The lowest BCUT2D eigenvalue weighted by Crippen LogP contribution is -2.55. The number of ketones is 4. The van der Waals surface area contributed by atoms with Gasteiger partial charge in [-0.15, -0.1) is 0 Å². The van der Waals surface area contributed by atoms with E-state index >= 15 is 0 Å². The molecule has 16 nitrogen and oxygen atoms in total. The van der Waals surface area contributed by atoms with Crippen molar-refractivity contribution >= 4 is 40.4 Å². The monoisotopic (exact) mass is 1050 g/mol. The summed E-state index contributed by atoms with van der Waals surface area (Å²) >= 11 is 0. The molecule has 3 aromatic rings. The zero-order valence-electron chi connectivity index (χ0n) is 45.3. The van der Waals surface area contributed by atoms with Crippen LogP contribution in [0, 0.1) is 16.2 Å². The molecule has 5 N–H and O–H groups in total. The summed E-state index contributed by atoms with van der Waals surface area (Å²) in [4.78, 5) is 50.8. The van der Waals surface area contributed by atoms with E-state index in [0.29, 0.717) is 69.9 Å². The molecule has 3 aliphatic carbocycles. The van der Waals surface area contributed by atoms with Gasteiger partial charge in [0.2, 0.25) is 23.1 Å². The van der Waals surface area contributed by atoms with E-state index in [1.807, 2.05) is 116 Å². The number of rotatable bonds is 5. The molecule has 0 unspecified atom stereocenters. The topological polar surface area (TPSA) is 234 Å². The molecule has 0 saturated carbocycles. The Kier molecular flexibility index (Phi) is 15.8. The third-order valence-electron chi connectivity index (χ3n) is 15.4. The predicted octanol–water partition coefficient (Wildman–Crippen LogP) is 7.26. The molecule has 0 bridgehead atoms. The number of benzene rings is 3. The maximum Gasteiger partial charge on any atom is 0.261 e. The molecule has 16 heteroatoms. The predicted molar refractivity (Wildman–Crippen MR) is 280 cm³/mol. The average molecular weight is 1050 g/mol. The zero-order valence-corrected chi connectivity index (χ0v) is 45.3. The summed E-state index contributed by atoms with van der Waals surface area (Å²) in [6.07, 6.45) is 4.19. The highest BCUT2D eigenvalue weighted by atomic mass is 16.7. The second-order valence-electron chi connectivity index (χ2n) is 24.1. The smallest absolute Gasteiger partial charge is 0.261 e. The van der Waals surface area contributed by atoms with Gasteiger partial charge >= 0.3 is 0 Å². The first-order chi connectivity index (χ1) is 35.8. The second kappa shape index (κ2) is 21.1. The van der Waals surface area contributed by atoms with E-state index in [-0.39, 0.29) is 87.8 Å². The van der Waals surface area contributed by atoms with Crippen LogP contribution >= 0.6 is 0 Å². The molecule has 8 aliphatic rings. The molecule has 5 heterocycles. The van der Waals surface area contributed by atoms with Gasteiger partial charge in [-0.1, -0.05) is 93.6 Å². The number of aliphatic hydroxyl groups excluding tert-OH is 5. The summed E-state index contributed by atoms with van der Waals surface area (Å²) in [7, 11) is 0. The summed E-state index contributed by atoms with van der Waals surface area (Å²) in [6, 6.07) is 22.4. The molecule has 2 spiro atoms. The molecule has 0 atom stereocenters. The SMILES string of the molecule is CC(CO)(CO)CO.CC1(C)CCC2=C(O1)c1ccccc1C(=O)C2=O.CC1(CO)COC2(OC1)C(=O)C1=C(OC(C)(C)CC1)c1ccccc12.CC1(CO)COC2(OC1)C(=O)C1=C(OC(C)(C)CC1)c1ccccc12. The van der Waals surface area contributed by atoms with Gasteiger partial charge in [0.05, 0.1) is 59.5 Å². The molecule has 0 radical (unpaired) electrons. The van der Waals surface area contributed by atoms with Crippen molar-refractivity contribution in [3.05, 3.63) is 123 Å². The Labute approximate surface area is 444 Å². The first-order valence-electron chi connectivity index (χ1n) is 26.1. The first-order valence-corrected chi connectivity index (χ1v) is 26.1. The minimum atomic E-state index is -1.42. The van der Waals surface area contributed by atoms with E-state index in [1.54, 1.807) is 19.1 Å². The molecule has 76 heavy (non-hydrogen) atoms. The Morgan fingerprint density at radius 3 is 1.09 bits per heavy atom. The van der Waals surface area contributed by atoms with Crippen molar-refractivity contribution < 1.29 is 77.9 Å². The second-order valence-corrected chi connectivity index (χ2v) is 24.1. The molecule has 0 aromatic heterocycles. The molecular formula is C60H74O16. The van der Waals surface area contributed by atoms with Crippen molar-refractivity contribution in [3.8, 4) is 0 Å². The summed E-state index contributed by atoms with van der Waals surface area (Å²) in [6.45, 7) is 17.9. The van der Waals surface area contributed by atoms with E-state index in [2.05, 4.69) is 0 Å². The number of allylic oxidation sites excluding steroid dienone is 1. The maximum absolute atomic E-state index is 13.4. The van der Waals surface area contributed by atoms with E-state index in [4.69, 9.17) is 48.5 Å². The van der Waals surface area contributed by atoms with Gasteiger partial charge in [-0.3, -0.25) is 19.2 Å². The van der Waals surface area contributed by atoms with Crippen molar-refractivity contribution in [1.29, 1.82) is 0 Å². The number of fused-ring (bicyclic) bond motifs is 8. The Bertz CT molecular complexity index is 2710. The van der Waals surface area contributed by atoms with Gasteiger partial charge in [0.1, 0.15) is 34.1 Å². The Balaban J connectivity index is 0.000000143. The van der Waals surface area contributed by atoms with Crippen LogP contribution in [0.2, 0.25) is 0 Å². The van der Waals surface area contributed by atoms with Gasteiger partial charge in [-0.25, -0.2) is 0 Å². The van der Waals surface area contributed by atoms with Crippen molar-refractivity contribution in [1.82, 2.24) is 0 Å². The largest absolute Gasteiger partial charge is 0.487 e. The molecule has 2 fully saturated rings. The number of ether oxygens (including phenoxy) is 7. The highest BCUT2D eigenvalue weighted by molar-refractivity contribution is 6.52. The van der Waals surface area contributed by atoms with Crippen LogP contribution in [0.1, 0.15) is 139 Å². The fourth-order valence-corrected chi connectivity index (χ4v) is 9.98. The van der Waals surface area contributed by atoms with E-state index < -0.39 is 39.4 Å². The molecule has 11 rings (SSSR count). The van der Waals surface area contributed by atoms with E-state index in [0.717, 1.165) is 36.0 Å². The molecule has 0 amide bonds. The molecule has 5 aliphatic heterocycles.